The zero-order chi connectivity index (χ0) is 44.0. The van der Waals surface area contributed by atoms with Gasteiger partial charge in [-0.05, 0) is 67.8 Å². The largest absolute Gasteiger partial charge is 0.493 e. The van der Waals surface area contributed by atoms with Gasteiger partial charge in [0.15, 0.2) is 5.82 Å². The molecule has 0 aliphatic rings. The summed E-state index contributed by atoms with van der Waals surface area (Å²) < 4.78 is 7.95. The van der Waals surface area contributed by atoms with Gasteiger partial charge in [0.1, 0.15) is 5.69 Å². The third-order valence-electron chi connectivity index (χ3n) is 10.7. The number of para-hydroxylation sites is 1. The Hall–Kier alpha value is -5.00. The number of aromatic amines is 1. The monoisotopic (exact) mass is 919 g/mol. The van der Waals surface area contributed by atoms with Crippen LogP contribution in [0.25, 0.3) is 16.5 Å². The van der Waals surface area contributed by atoms with Crippen molar-refractivity contribution in [3.8, 4) is 23.2 Å². The van der Waals surface area contributed by atoms with Crippen LogP contribution in [-0.2, 0) is 6.42 Å². The van der Waals surface area contributed by atoms with Crippen molar-refractivity contribution in [1.29, 1.82) is 0 Å². The zero-order valence-electron chi connectivity index (χ0n) is 34.8. The minimum Gasteiger partial charge on any atom is -0.493 e. The molecule has 1 atom stereocenters. The lowest BCUT2D eigenvalue weighted by molar-refractivity contribution is 0.215. The molecular weight excluding hydrogens is 868 g/mol. The predicted molar refractivity (Wildman–Crippen MR) is 255 cm³/mol. The molecule has 4 aromatic carbocycles. The van der Waals surface area contributed by atoms with Crippen molar-refractivity contribution in [2.75, 3.05) is 10.3 Å². The standard InChI is InChI=1S/C48H53Cl4N5O5/c1-2-3-4-5-6-7-8-9-10-11-12-13-14-16-24-35(49)29-34-30-42(58)57(46(34)59)56(37-25-17-15-18-26-37)45-44(47(60)55(54-45)43-39(51)31-36(50)32-40(43)52)62-48(61)53-41-28-21-23-33-22-19-20-27-38(33)41/h13-15,17-23,25-28,30-32,35,54,58-59H,2-12,16,24,29H2,1H3,(H,53,61). The second kappa shape index (κ2) is 22.9. The second-order valence-corrected chi connectivity index (χ2v) is 17.2. The van der Waals surface area contributed by atoms with E-state index in [1.165, 1.54) is 87.4 Å². The molecule has 1 unspecified atom stereocenters. The third kappa shape index (κ3) is 11.9. The van der Waals surface area contributed by atoms with Crippen LogP contribution < -0.4 is 20.6 Å². The Labute approximate surface area is 382 Å². The van der Waals surface area contributed by atoms with Crippen LogP contribution in [0.1, 0.15) is 96.0 Å². The third-order valence-corrected chi connectivity index (χ3v) is 11.8. The molecule has 0 radical (unpaired) electrons. The molecule has 14 heteroatoms. The summed E-state index contributed by atoms with van der Waals surface area (Å²) in [7, 11) is 0. The van der Waals surface area contributed by atoms with E-state index >= 15 is 0 Å². The lowest BCUT2D eigenvalue weighted by Gasteiger charge is -2.26. The molecule has 0 aliphatic heterocycles. The average molecular weight is 922 g/mol. The van der Waals surface area contributed by atoms with Gasteiger partial charge in [-0.1, -0.05) is 166 Å². The van der Waals surface area contributed by atoms with Gasteiger partial charge in [0, 0.05) is 27.4 Å². The SMILES string of the molecule is CCCCCCCCCCCCC=CCCC(Cl)Cc1cc(O)n(N(c2ccccc2)c2[nH]n(-c3c(Cl)cc(Cl)cc3Cl)c(=O)c2OC(=O)Nc2cccc3ccccc23)c1O. The topological polar surface area (TPSA) is 125 Å². The first kappa shape index (κ1) is 46.5. The Kier molecular flexibility index (Phi) is 17.2. The maximum atomic E-state index is 14.4. The van der Waals surface area contributed by atoms with Crippen molar-refractivity contribution >= 4 is 80.5 Å². The molecular formula is C48H53Cl4N5O5. The van der Waals surface area contributed by atoms with Crippen LogP contribution >= 0.6 is 46.4 Å². The van der Waals surface area contributed by atoms with E-state index in [2.05, 4.69) is 29.5 Å². The maximum Gasteiger partial charge on any atom is 0.417 e. The highest BCUT2D eigenvalue weighted by Crippen LogP contribution is 2.40. The van der Waals surface area contributed by atoms with Crippen molar-refractivity contribution in [2.45, 2.75) is 102 Å². The van der Waals surface area contributed by atoms with Gasteiger partial charge in [-0.2, -0.15) is 4.68 Å². The number of unbranched alkanes of at least 4 members (excludes halogenated alkanes) is 10. The summed E-state index contributed by atoms with van der Waals surface area (Å²) in [6, 6.07) is 25.7. The fourth-order valence-corrected chi connectivity index (χ4v) is 8.78. The van der Waals surface area contributed by atoms with Crippen LogP contribution in [0.3, 0.4) is 0 Å². The van der Waals surface area contributed by atoms with Crippen LogP contribution in [-0.4, -0.2) is 36.1 Å². The normalized spacial score (nSPS) is 12.0. The molecule has 0 saturated carbocycles. The number of carbonyl (C=O) groups excluding carboxylic acids is 1. The number of nitrogens with zero attached hydrogens (tertiary/aromatic N) is 3. The van der Waals surface area contributed by atoms with Gasteiger partial charge in [-0.25, -0.2) is 14.5 Å². The molecule has 0 fully saturated rings. The number of aromatic hydroxyl groups is 2. The Morgan fingerprint density at radius 2 is 1.45 bits per heavy atom. The number of alkyl halides is 1. The summed E-state index contributed by atoms with van der Waals surface area (Å²) in [6.07, 6.45) is 19.1. The molecule has 0 saturated heterocycles. The van der Waals surface area contributed by atoms with E-state index in [4.69, 9.17) is 51.1 Å². The maximum absolute atomic E-state index is 14.4. The molecule has 0 aliphatic carbocycles. The number of anilines is 3. The van der Waals surface area contributed by atoms with Crippen LogP contribution in [0.4, 0.5) is 22.0 Å². The summed E-state index contributed by atoms with van der Waals surface area (Å²) in [6.45, 7) is 2.25. The van der Waals surface area contributed by atoms with E-state index in [0.717, 1.165) is 33.0 Å². The van der Waals surface area contributed by atoms with Crippen molar-refractivity contribution in [3.63, 3.8) is 0 Å². The molecule has 4 N–H and O–H groups in total. The highest BCUT2D eigenvalue weighted by atomic mass is 35.5. The van der Waals surface area contributed by atoms with Crippen LogP contribution in [0.2, 0.25) is 15.1 Å². The number of rotatable bonds is 22. The summed E-state index contributed by atoms with van der Waals surface area (Å²) >= 11 is 26.3. The quantitative estimate of drug-likeness (QED) is 0.0305. The van der Waals surface area contributed by atoms with Gasteiger partial charge >= 0.3 is 11.7 Å². The number of halogens is 4. The van der Waals surface area contributed by atoms with E-state index in [1.54, 1.807) is 42.5 Å². The Bertz CT molecular complexity index is 2470. The molecule has 6 rings (SSSR count). The van der Waals surface area contributed by atoms with E-state index in [1.807, 2.05) is 30.3 Å². The number of allylic oxidation sites excluding steroid dienone is 2. The molecule has 6 aromatic rings. The predicted octanol–water partition coefficient (Wildman–Crippen LogP) is 14.5. The molecule has 0 bridgehead atoms. The fourth-order valence-electron chi connectivity index (χ4n) is 7.50. The summed E-state index contributed by atoms with van der Waals surface area (Å²) in [5.74, 6) is -1.42. The van der Waals surface area contributed by atoms with Crippen LogP contribution in [0.15, 0.2) is 108 Å². The molecule has 2 heterocycles. The van der Waals surface area contributed by atoms with Crippen molar-refractivity contribution in [2.24, 2.45) is 0 Å². The number of hydrogen-bond acceptors (Lipinski definition) is 6. The van der Waals surface area contributed by atoms with Crippen LogP contribution in [0.5, 0.6) is 17.5 Å². The van der Waals surface area contributed by atoms with Crippen molar-refractivity contribution in [1.82, 2.24) is 14.5 Å². The van der Waals surface area contributed by atoms with E-state index < -0.39 is 17.4 Å². The number of carbonyl (C=O) groups is 1. The summed E-state index contributed by atoms with van der Waals surface area (Å²) in [4.78, 5) is 28.2. The first-order valence-corrected chi connectivity index (χ1v) is 22.9. The number of fused-ring (bicyclic) bond motifs is 1. The Morgan fingerprint density at radius 3 is 2.16 bits per heavy atom. The van der Waals surface area contributed by atoms with Crippen LogP contribution in [0, 0.1) is 0 Å². The number of benzene rings is 4. The zero-order valence-corrected chi connectivity index (χ0v) is 37.8. The molecule has 1 amide bonds. The molecule has 328 valence electrons. The lowest BCUT2D eigenvalue weighted by atomic mass is 10.1. The Morgan fingerprint density at radius 1 is 0.823 bits per heavy atom. The van der Waals surface area contributed by atoms with Gasteiger partial charge in [0.05, 0.1) is 21.4 Å². The molecule has 10 nitrogen and oxygen atoms in total. The minimum absolute atomic E-state index is 0.0190. The number of aromatic nitrogens is 3. The molecule has 2 aromatic heterocycles. The van der Waals surface area contributed by atoms with Gasteiger partial charge in [0.2, 0.25) is 17.5 Å². The second-order valence-electron chi connectivity index (χ2n) is 15.3. The first-order chi connectivity index (χ1) is 30.1. The van der Waals surface area contributed by atoms with Gasteiger partial charge in [-0.3, -0.25) is 15.2 Å². The number of hydrogen-bond donors (Lipinski definition) is 4. The fraction of sp³-hybridized carbons (Fsp3) is 0.333. The summed E-state index contributed by atoms with van der Waals surface area (Å²) in [5, 5.41) is 31.9. The number of amides is 1. The van der Waals surface area contributed by atoms with E-state index in [9.17, 15) is 19.8 Å². The first-order valence-electron chi connectivity index (χ1n) is 21.3. The van der Waals surface area contributed by atoms with Gasteiger partial charge in [0.25, 0.3) is 0 Å². The minimum atomic E-state index is -0.990. The molecule has 0 spiro atoms. The van der Waals surface area contributed by atoms with Gasteiger partial charge in [-0.15, -0.1) is 11.6 Å². The highest BCUT2D eigenvalue weighted by Gasteiger charge is 2.32. The van der Waals surface area contributed by atoms with Gasteiger partial charge < -0.3 is 14.9 Å². The number of nitrogens with one attached hydrogen (secondary N) is 2. The highest BCUT2D eigenvalue weighted by molar-refractivity contribution is 6.40. The van der Waals surface area contributed by atoms with E-state index in [-0.39, 0.29) is 50.1 Å². The smallest absolute Gasteiger partial charge is 0.417 e. The summed E-state index contributed by atoms with van der Waals surface area (Å²) in [5.41, 5.74) is 0.314. The number of ether oxygens (including phenoxy) is 1. The Balaban J connectivity index is 1.23. The van der Waals surface area contributed by atoms with Crippen molar-refractivity contribution in [3.05, 3.63) is 134 Å². The average Bonchev–Trinajstić information content (AvgIpc) is 3.70. The van der Waals surface area contributed by atoms with E-state index in [0.29, 0.717) is 23.4 Å². The lowest BCUT2D eigenvalue weighted by Crippen LogP contribution is -2.26. The molecule has 62 heavy (non-hydrogen) atoms. The number of H-pyrrole nitrogens is 1. The van der Waals surface area contributed by atoms with Crippen molar-refractivity contribution < 1.29 is 19.7 Å².